The Labute approximate surface area is 249 Å². The van der Waals surface area contributed by atoms with Crippen molar-refractivity contribution in [1.82, 2.24) is 20.9 Å². The fraction of sp³-hybridized carbons (Fsp3) is 0.654. The number of hydrogen-bond donors (Lipinski definition) is 4. The van der Waals surface area contributed by atoms with E-state index < -0.39 is 52.8 Å². The summed E-state index contributed by atoms with van der Waals surface area (Å²) in [7, 11) is 0. The zero-order valence-electron chi connectivity index (χ0n) is 25.4. The zero-order chi connectivity index (χ0) is 31.9. The number of oxime groups is 2. The summed E-state index contributed by atoms with van der Waals surface area (Å²) in [6.45, 7) is 18.8. The first-order valence-corrected chi connectivity index (χ1v) is 14.1. The molecule has 1 unspecified atom stereocenters. The molecular weight excluding hydrogens is 570 g/mol. The highest BCUT2D eigenvalue weighted by molar-refractivity contribution is 7.14. The SMILES string of the molecule is C=NOCC(C)NC[C@H]1NC(=O)[C@H]1NC(=O)/C(=N\OC(C)(C)C(=O)OC(C)(C)C)c1csc(NC(=O)OC(C)(C)C)n1. The van der Waals surface area contributed by atoms with Crippen LogP contribution >= 0.6 is 11.3 Å². The normalized spacial score (nSPS) is 18.1. The summed E-state index contributed by atoms with van der Waals surface area (Å²) in [5.74, 6) is -1.90. The predicted molar refractivity (Wildman–Crippen MR) is 156 cm³/mol. The standard InChI is InChI=1S/C26H41N7O8S/c1-14(12-38-27-10)28-11-15-17(19(34)29-15)31-20(35)18(33-41-26(8,9)21(36)39-24(2,3)4)16-13-42-22(30-16)32-23(37)40-25(5,6)7/h13-15,17,28H,10-12H2,1-9H3,(H,29,34)(H,31,35)(H,30,32,37)/b33-18-/t14?,15-,17+/m1/s1. The van der Waals surface area contributed by atoms with Crippen LogP contribution in [0.1, 0.15) is 68.0 Å². The maximum Gasteiger partial charge on any atom is 0.413 e. The molecule has 16 heteroatoms. The Kier molecular flexibility index (Phi) is 11.4. The molecule has 2 heterocycles. The molecule has 1 aliphatic heterocycles. The highest BCUT2D eigenvalue weighted by atomic mass is 32.1. The Morgan fingerprint density at radius 2 is 1.76 bits per heavy atom. The van der Waals surface area contributed by atoms with E-state index in [1.807, 2.05) is 6.92 Å². The van der Waals surface area contributed by atoms with Crippen molar-refractivity contribution in [1.29, 1.82) is 0 Å². The summed E-state index contributed by atoms with van der Waals surface area (Å²) in [4.78, 5) is 65.3. The molecule has 1 saturated heterocycles. The van der Waals surface area contributed by atoms with Gasteiger partial charge in [-0.2, -0.15) is 0 Å². The van der Waals surface area contributed by atoms with Gasteiger partial charge in [0.05, 0.1) is 6.04 Å². The minimum atomic E-state index is -1.58. The van der Waals surface area contributed by atoms with Gasteiger partial charge in [-0.1, -0.05) is 5.16 Å². The molecule has 3 atom stereocenters. The fourth-order valence-electron chi connectivity index (χ4n) is 3.17. The molecule has 1 fully saturated rings. The molecule has 1 aromatic heterocycles. The van der Waals surface area contributed by atoms with E-state index in [4.69, 9.17) is 19.1 Å². The van der Waals surface area contributed by atoms with Crippen molar-refractivity contribution >= 4 is 52.8 Å². The predicted octanol–water partition coefficient (Wildman–Crippen LogP) is 1.92. The molecule has 15 nitrogen and oxygen atoms in total. The van der Waals surface area contributed by atoms with E-state index in [-0.39, 0.29) is 29.2 Å². The van der Waals surface area contributed by atoms with Gasteiger partial charge in [-0.25, -0.2) is 14.6 Å². The number of carbonyl (C=O) groups is 4. The van der Waals surface area contributed by atoms with E-state index in [9.17, 15) is 19.2 Å². The smallest absolute Gasteiger partial charge is 0.413 e. The number of anilines is 1. The summed E-state index contributed by atoms with van der Waals surface area (Å²) in [6, 6.07) is -1.42. The van der Waals surface area contributed by atoms with Crippen LogP contribution in [-0.2, 0) is 33.5 Å². The summed E-state index contributed by atoms with van der Waals surface area (Å²) in [5.41, 5.74) is -3.40. The van der Waals surface area contributed by atoms with Crippen LogP contribution in [0.2, 0.25) is 0 Å². The molecular formula is C26H41N7O8S. The molecule has 0 radical (unpaired) electrons. The Hall–Kier alpha value is -3.79. The maximum absolute atomic E-state index is 13.4. The lowest BCUT2D eigenvalue weighted by molar-refractivity contribution is -0.179. The second-order valence-corrected chi connectivity index (χ2v) is 12.9. The molecule has 2 rings (SSSR count). The van der Waals surface area contributed by atoms with Gasteiger partial charge in [0.1, 0.15) is 29.5 Å². The lowest BCUT2D eigenvalue weighted by Crippen LogP contribution is -2.72. The van der Waals surface area contributed by atoms with Crippen LogP contribution in [0.15, 0.2) is 15.7 Å². The van der Waals surface area contributed by atoms with Gasteiger partial charge in [0.15, 0.2) is 10.8 Å². The van der Waals surface area contributed by atoms with Gasteiger partial charge >= 0.3 is 12.1 Å². The molecule has 0 aliphatic carbocycles. The highest BCUT2D eigenvalue weighted by Gasteiger charge is 2.42. The van der Waals surface area contributed by atoms with Gasteiger partial charge in [0, 0.05) is 24.7 Å². The number of aromatic nitrogens is 1. The van der Waals surface area contributed by atoms with Crippen LogP contribution < -0.4 is 21.3 Å². The van der Waals surface area contributed by atoms with E-state index in [1.54, 1.807) is 41.5 Å². The Balaban J connectivity index is 2.26. The van der Waals surface area contributed by atoms with Crippen LogP contribution in [-0.4, -0.2) is 89.4 Å². The zero-order valence-corrected chi connectivity index (χ0v) is 26.3. The number of carbonyl (C=O) groups excluding carboxylic acids is 4. The topological polar surface area (TPSA) is 191 Å². The van der Waals surface area contributed by atoms with E-state index >= 15 is 0 Å². The van der Waals surface area contributed by atoms with Crippen LogP contribution in [0.4, 0.5) is 9.93 Å². The fourth-order valence-corrected chi connectivity index (χ4v) is 3.85. The monoisotopic (exact) mass is 611 g/mol. The summed E-state index contributed by atoms with van der Waals surface area (Å²) in [6.07, 6.45) is -0.737. The second kappa shape index (κ2) is 13.9. The highest BCUT2D eigenvalue weighted by Crippen LogP contribution is 2.21. The van der Waals surface area contributed by atoms with Gasteiger partial charge in [0.2, 0.25) is 11.5 Å². The quantitative estimate of drug-likeness (QED) is 0.111. The van der Waals surface area contributed by atoms with Crippen molar-refractivity contribution in [3.63, 3.8) is 0 Å². The lowest BCUT2D eigenvalue weighted by Gasteiger charge is -2.37. The minimum Gasteiger partial charge on any atom is -0.457 e. The summed E-state index contributed by atoms with van der Waals surface area (Å²) >= 11 is 1.01. The Bertz CT molecular complexity index is 1190. The van der Waals surface area contributed by atoms with Gasteiger partial charge < -0.3 is 35.1 Å². The Morgan fingerprint density at radius 3 is 2.33 bits per heavy atom. The van der Waals surface area contributed by atoms with E-state index in [0.29, 0.717) is 6.54 Å². The largest absolute Gasteiger partial charge is 0.457 e. The average molecular weight is 612 g/mol. The third-order valence-corrected chi connectivity index (χ3v) is 5.98. The number of esters is 1. The molecule has 0 aromatic carbocycles. The molecule has 1 aliphatic rings. The first kappa shape index (κ1) is 34.4. The third-order valence-electron chi connectivity index (χ3n) is 5.23. The average Bonchev–Trinajstić information content (AvgIpc) is 3.29. The van der Waals surface area contributed by atoms with Gasteiger partial charge in [0.25, 0.3) is 5.91 Å². The molecule has 234 valence electrons. The molecule has 42 heavy (non-hydrogen) atoms. The van der Waals surface area contributed by atoms with Crippen molar-refractivity contribution in [3.05, 3.63) is 11.1 Å². The van der Waals surface area contributed by atoms with Crippen molar-refractivity contribution in [2.24, 2.45) is 10.3 Å². The third kappa shape index (κ3) is 10.9. The van der Waals surface area contributed by atoms with E-state index in [1.165, 1.54) is 19.2 Å². The molecule has 4 N–H and O–H groups in total. The molecule has 0 bridgehead atoms. The number of rotatable bonds is 13. The van der Waals surface area contributed by atoms with Crippen LogP contribution in [0.25, 0.3) is 0 Å². The van der Waals surface area contributed by atoms with Crippen molar-refractivity contribution in [2.75, 3.05) is 18.5 Å². The number of β-lactam (4-membered cyclic amide) rings is 1. The van der Waals surface area contributed by atoms with Gasteiger partial charge in [-0.05, 0) is 62.3 Å². The van der Waals surface area contributed by atoms with Crippen LogP contribution in [0, 0.1) is 0 Å². The van der Waals surface area contributed by atoms with E-state index in [0.717, 1.165) is 11.3 Å². The first-order valence-electron chi connectivity index (χ1n) is 13.2. The molecule has 1 aromatic rings. The number of nitrogens with zero attached hydrogens (tertiary/aromatic N) is 3. The molecule has 0 spiro atoms. The van der Waals surface area contributed by atoms with Crippen LogP contribution in [0.3, 0.4) is 0 Å². The first-order chi connectivity index (χ1) is 19.3. The summed E-state index contributed by atoms with van der Waals surface area (Å²) in [5, 5.41) is 19.9. The summed E-state index contributed by atoms with van der Waals surface area (Å²) < 4.78 is 10.6. The van der Waals surface area contributed by atoms with Gasteiger partial charge in [-0.3, -0.25) is 14.9 Å². The van der Waals surface area contributed by atoms with Crippen molar-refractivity contribution in [3.8, 4) is 0 Å². The molecule has 0 saturated carbocycles. The van der Waals surface area contributed by atoms with E-state index in [2.05, 4.69) is 43.3 Å². The number of amides is 3. The number of thiazole rings is 1. The van der Waals surface area contributed by atoms with Gasteiger partial charge in [-0.15, -0.1) is 16.5 Å². The minimum absolute atomic E-state index is 0.0284. The second-order valence-electron chi connectivity index (χ2n) is 12.0. The lowest BCUT2D eigenvalue weighted by atomic mass is 9.98. The molecule has 3 amide bonds. The maximum atomic E-state index is 13.4. The number of hydrogen-bond acceptors (Lipinski definition) is 13. The van der Waals surface area contributed by atoms with Crippen molar-refractivity contribution in [2.45, 2.75) is 97.2 Å². The Morgan fingerprint density at radius 1 is 1.12 bits per heavy atom. The number of ether oxygens (including phenoxy) is 2. The van der Waals surface area contributed by atoms with Crippen molar-refractivity contribution < 1.29 is 38.3 Å². The van der Waals surface area contributed by atoms with Crippen LogP contribution in [0.5, 0.6) is 0 Å². The number of nitrogens with one attached hydrogen (secondary N) is 4.